The van der Waals surface area contributed by atoms with Gasteiger partial charge in [0.2, 0.25) is 20.0 Å². The Hall–Kier alpha value is -2.79. The molecule has 0 aliphatic carbocycles. The molecule has 1 aliphatic heterocycles. The van der Waals surface area contributed by atoms with E-state index in [1.165, 1.54) is 14.2 Å². The lowest BCUT2D eigenvalue weighted by Crippen LogP contribution is -2.28. The van der Waals surface area contributed by atoms with Crippen molar-refractivity contribution in [3.8, 4) is 11.5 Å². The predicted octanol–water partition coefficient (Wildman–Crippen LogP) is 2.58. The Balaban J connectivity index is 2.07. The first-order valence-corrected chi connectivity index (χ1v) is 13.0. The minimum atomic E-state index is -3.68. The number of hydrogen-bond acceptors (Lipinski definition) is 7. The van der Waals surface area contributed by atoms with E-state index in [2.05, 4.69) is 9.82 Å². The van der Waals surface area contributed by atoms with Crippen molar-refractivity contribution in [1.82, 2.24) is 4.41 Å². The van der Waals surface area contributed by atoms with Crippen molar-refractivity contribution in [1.29, 1.82) is 0 Å². The topological polar surface area (TPSA) is 114 Å². The fourth-order valence-electron chi connectivity index (χ4n) is 3.36. The molecule has 0 spiro atoms. The van der Waals surface area contributed by atoms with E-state index >= 15 is 0 Å². The number of sulfonamides is 2. The zero-order valence-corrected chi connectivity index (χ0v) is 19.3. The minimum Gasteiger partial charge on any atom is -0.497 e. The quantitative estimate of drug-likeness (QED) is 0.638. The van der Waals surface area contributed by atoms with Gasteiger partial charge in [-0.05, 0) is 42.8 Å². The lowest BCUT2D eigenvalue weighted by atomic mass is 9.98. The van der Waals surface area contributed by atoms with Crippen LogP contribution in [0.2, 0.25) is 0 Å². The molecule has 31 heavy (non-hydrogen) atoms. The monoisotopic (exact) mass is 467 g/mol. The Bertz CT molecular complexity index is 1210. The second-order valence-corrected chi connectivity index (χ2v) is 10.9. The van der Waals surface area contributed by atoms with Crippen molar-refractivity contribution in [3.05, 3.63) is 53.6 Å². The first kappa shape index (κ1) is 22.9. The summed E-state index contributed by atoms with van der Waals surface area (Å²) in [5.41, 5.74) is 2.14. The Kier molecular flexibility index (Phi) is 6.46. The summed E-state index contributed by atoms with van der Waals surface area (Å²) >= 11 is 0. The number of anilines is 1. The van der Waals surface area contributed by atoms with Crippen LogP contribution in [0.5, 0.6) is 11.5 Å². The Morgan fingerprint density at radius 2 is 1.84 bits per heavy atom. The van der Waals surface area contributed by atoms with Crippen LogP contribution in [0.3, 0.4) is 0 Å². The number of nitrogens with one attached hydrogen (secondary N) is 1. The zero-order chi connectivity index (χ0) is 22.8. The maximum Gasteiger partial charge on any atom is 0.250 e. The van der Waals surface area contributed by atoms with E-state index in [-0.39, 0.29) is 12.2 Å². The molecule has 11 heteroatoms. The third-order valence-corrected chi connectivity index (χ3v) is 7.06. The normalized spacial score (nSPS) is 16.7. The van der Waals surface area contributed by atoms with Crippen molar-refractivity contribution < 1.29 is 26.3 Å². The highest BCUT2D eigenvalue weighted by Crippen LogP contribution is 2.40. The van der Waals surface area contributed by atoms with Crippen LogP contribution >= 0.6 is 0 Å². The van der Waals surface area contributed by atoms with E-state index in [0.717, 1.165) is 10.7 Å². The molecule has 0 unspecified atom stereocenters. The molecule has 9 nitrogen and oxygen atoms in total. The molecule has 3 rings (SSSR count). The summed E-state index contributed by atoms with van der Waals surface area (Å²) in [6.45, 7) is 1.55. The van der Waals surface area contributed by atoms with Crippen LogP contribution in [-0.4, -0.2) is 53.2 Å². The summed E-state index contributed by atoms with van der Waals surface area (Å²) in [5, 5.41) is 4.42. The highest BCUT2D eigenvalue weighted by molar-refractivity contribution is 7.92. The molecular formula is C20H25N3O6S2. The third-order valence-electron chi connectivity index (χ3n) is 4.82. The standard InChI is InChI=1S/C20H25N3O6S2/c1-5-31(26,27)23-19(17-12-16(28-2)9-10-20(17)29-3)13-18(21-23)14-7-6-8-15(11-14)22-30(4,24)25/h6-12,19,22H,5,13H2,1-4H3/t19-/m0/s1. The summed E-state index contributed by atoms with van der Waals surface area (Å²) in [4.78, 5) is 0. The summed E-state index contributed by atoms with van der Waals surface area (Å²) in [7, 11) is -4.09. The summed E-state index contributed by atoms with van der Waals surface area (Å²) in [6.07, 6.45) is 1.35. The van der Waals surface area contributed by atoms with Gasteiger partial charge in [-0.25, -0.2) is 16.8 Å². The number of hydrazone groups is 1. The van der Waals surface area contributed by atoms with Crippen LogP contribution in [0, 0.1) is 0 Å². The maximum absolute atomic E-state index is 12.8. The van der Waals surface area contributed by atoms with Crippen molar-refractivity contribution in [2.45, 2.75) is 19.4 Å². The molecule has 1 aliphatic rings. The molecule has 0 fully saturated rings. The van der Waals surface area contributed by atoms with Gasteiger partial charge in [0, 0.05) is 17.7 Å². The molecule has 0 aromatic heterocycles. The number of hydrogen-bond donors (Lipinski definition) is 1. The van der Waals surface area contributed by atoms with Crippen molar-refractivity contribution in [2.24, 2.45) is 5.10 Å². The fraction of sp³-hybridized carbons (Fsp3) is 0.350. The second kappa shape index (κ2) is 8.75. The van der Waals surface area contributed by atoms with Gasteiger partial charge in [-0.3, -0.25) is 4.72 Å². The van der Waals surface area contributed by atoms with Crippen LogP contribution in [-0.2, 0) is 20.0 Å². The van der Waals surface area contributed by atoms with Gasteiger partial charge in [0.1, 0.15) is 11.5 Å². The van der Waals surface area contributed by atoms with Crippen molar-refractivity contribution in [3.63, 3.8) is 0 Å². The molecule has 0 bridgehead atoms. The molecule has 0 saturated carbocycles. The first-order valence-electron chi connectivity index (χ1n) is 9.47. The van der Waals surface area contributed by atoms with Crippen LogP contribution in [0.4, 0.5) is 5.69 Å². The van der Waals surface area contributed by atoms with E-state index in [0.29, 0.717) is 34.0 Å². The molecule has 1 atom stereocenters. The molecule has 2 aromatic carbocycles. The lowest BCUT2D eigenvalue weighted by Gasteiger charge is -2.24. The van der Waals surface area contributed by atoms with Gasteiger partial charge < -0.3 is 9.47 Å². The van der Waals surface area contributed by atoms with E-state index < -0.39 is 26.1 Å². The number of benzene rings is 2. The summed E-state index contributed by atoms with van der Waals surface area (Å²) in [6, 6.07) is 11.2. The van der Waals surface area contributed by atoms with Gasteiger partial charge in [0.15, 0.2) is 0 Å². The van der Waals surface area contributed by atoms with Gasteiger partial charge in [-0.1, -0.05) is 12.1 Å². The Morgan fingerprint density at radius 1 is 1.10 bits per heavy atom. The van der Waals surface area contributed by atoms with Gasteiger partial charge in [-0.15, -0.1) is 0 Å². The van der Waals surface area contributed by atoms with E-state index in [1.807, 2.05) is 0 Å². The van der Waals surface area contributed by atoms with E-state index in [9.17, 15) is 16.8 Å². The molecule has 0 saturated heterocycles. The largest absolute Gasteiger partial charge is 0.497 e. The highest BCUT2D eigenvalue weighted by Gasteiger charge is 2.37. The molecule has 0 amide bonds. The zero-order valence-electron chi connectivity index (χ0n) is 17.7. The number of nitrogens with zero attached hydrogens (tertiary/aromatic N) is 2. The number of ether oxygens (including phenoxy) is 2. The third kappa shape index (κ3) is 5.10. The second-order valence-electron chi connectivity index (χ2n) is 7.00. The predicted molar refractivity (Wildman–Crippen MR) is 120 cm³/mol. The fourth-order valence-corrected chi connectivity index (χ4v) is 4.98. The Morgan fingerprint density at radius 3 is 2.45 bits per heavy atom. The van der Waals surface area contributed by atoms with Crippen molar-refractivity contribution >= 4 is 31.4 Å². The van der Waals surface area contributed by atoms with Gasteiger partial charge >= 0.3 is 0 Å². The highest BCUT2D eigenvalue weighted by atomic mass is 32.2. The summed E-state index contributed by atoms with van der Waals surface area (Å²) < 4.78 is 63.1. The lowest BCUT2D eigenvalue weighted by molar-refractivity contribution is 0.347. The van der Waals surface area contributed by atoms with Gasteiger partial charge in [-0.2, -0.15) is 9.52 Å². The number of rotatable bonds is 8. The van der Waals surface area contributed by atoms with E-state index in [4.69, 9.17) is 9.47 Å². The van der Waals surface area contributed by atoms with Crippen LogP contribution in [0.1, 0.15) is 30.5 Å². The average molecular weight is 468 g/mol. The molecule has 0 radical (unpaired) electrons. The smallest absolute Gasteiger partial charge is 0.250 e. The molecule has 2 aromatic rings. The SMILES string of the molecule is CCS(=O)(=O)N1N=C(c2cccc(NS(C)(=O)=O)c2)C[C@H]1c1cc(OC)ccc1OC. The van der Waals surface area contributed by atoms with E-state index in [1.54, 1.807) is 49.4 Å². The number of methoxy groups -OCH3 is 2. The summed E-state index contributed by atoms with van der Waals surface area (Å²) in [5.74, 6) is 0.964. The molecule has 168 valence electrons. The molecule has 1 heterocycles. The minimum absolute atomic E-state index is 0.123. The van der Waals surface area contributed by atoms with Crippen LogP contribution in [0.15, 0.2) is 47.6 Å². The average Bonchev–Trinajstić information content (AvgIpc) is 3.18. The first-order chi connectivity index (χ1) is 14.6. The molecular weight excluding hydrogens is 442 g/mol. The van der Waals surface area contributed by atoms with Crippen molar-refractivity contribution in [2.75, 3.05) is 31.0 Å². The van der Waals surface area contributed by atoms with Gasteiger partial charge in [0.05, 0.1) is 38.0 Å². The van der Waals surface area contributed by atoms with Gasteiger partial charge in [0.25, 0.3) is 0 Å². The maximum atomic E-state index is 12.8. The van der Waals surface area contributed by atoms with Crippen LogP contribution in [0.25, 0.3) is 0 Å². The van der Waals surface area contributed by atoms with Crippen LogP contribution < -0.4 is 14.2 Å². The molecule has 1 N–H and O–H groups in total. The Labute approximate surface area is 182 Å².